The second-order valence-corrected chi connectivity index (χ2v) is 7.75. The molecule has 0 amide bonds. The summed E-state index contributed by atoms with van der Waals surface area (Å²) in [6, 6.07) is 4.42. The molecule has 1 saturated heterocycles. The number of halogens is 2. The summed E-state index contributed by atoms with van der Waals surface area (Å²) < 4.78 is 47.5. The molecule has 118 valence electrons. The summed E-state index contributed by atoms with van der Waals surface area (Å²) in [5.74, 6) is -0.238. The van der Waals surface area contributed by atoms with Crippen LogP contribution in [0.25, 0.3) is 0 Å². The molecule has 1 aromatic carbocycles. The molecule has 2 N–H and O–H groups in total. The molecular formula is C13H17BrFNO4S. The summed E-state index contributed by atoms with van der Waals surface area (Å²) in [6.07, 6.45) is 1.09. The lowest BCUT2D eigenvalue weighted by molar-refractivity contribution is 0.00204. The number of nitrogens with two attached hydrogens (primary N) is 1. The SMILES string of the molecule is NS(=O)(=O)CC1(COc2ccc(Br)c(F)c2)CCOCC1. The Morgan fingerprint density at radius 2 is 2.05 bits per heavy atom. The molecule has 1 aliphatic rings. The molecule has 1 aliphatic heterocycles. The molecule has 0 bridgehead atoms. The monoisotopic (exact) mass is 381 g/mol. The first-order chi connectivity index (χ1) is 9.80. The number of hydrogen-bond donors (Lipinski definition) is 1. The van der Waals surface area contributed by atoms with Gasteiger partial charge in [0.15, 0.2) is 0 Å². The molecular weight excluding hydrogens is 365 g/mol. The van der Waals surface area contributed by atoms with Crippen molar-refractivity contribution in [2.75, 3.05) is 25.6 Å². The van der Waals surface area contributed by atoms with Crippen molar-refractivity contribution in [3.8, 4) is 5.75 Å². The lowest BCUT2D eigenvalue weighted by Gasteiger charge is -2.36. The Bertz CT molecular complexity index is 602. The van der Waals surface area contributed by atoms with Crippen LogP contribution in [0.1, 0.15) is 12.8 Å². The van der Waals surface area contributed by atoms with Gasteiger partial charge in [-0.3, -0.25) is 0 Å². The minimum Gasteiger partial charge on any atom is -0.493 e. The summed E-state index contributed by atoms with van der Waals surface area (Å²) >= 11 is 3.06. The third-order valence-corrected chi connectivity index (χ3v) is 5.15. The lowest BCUT2D eigenvalue weighted by Crippen LogP contribution is -2.42. The van der Waals surface area contributed by atoms with E-state index in [1.807, 2.05) is 0 Å². The van der Waals surface area contributed by atoms with E-state index in [9.17, 15) is 12.8 Å². The normalized spacial score (nSPS) is 18.4. The molecule has 21 heavy (non-hydrogen) atoms. The minimum absolute atomic E-state index is 0.161. The highest BCUT2D eigenvalue weighted by molar-refractivity contribution is 9.10. The van der Waals surface area contributed by atoms with E-state index in [0.29, 0.717) is 36.3 Å². The highest BCUT2D eigenvalue weighted by atomic mass is 79.9. The Labute approximate surface area is 131 Å². The van der Waals surface area contributed by atoms with Gasteiger partial charge in [0.2, 0.25) is 10.0 Å². The van der Waals surface area contributed by atoms with Crippen molar-refractivity contribution in [3.63, 3.8) is 0 Å². The fourth-order valence-electron chi connectivity index (χ4n) is 2.36. The number of hydrogen-bond acceptors (Lipinski definition) is 4. The molecule has 0 saturated carbocycles. The van der Waals surface area contributed by atoms with Crippen LogP contribution < -0.4 is 9.88 Å². The molecule has 1 fully saturated rings. The molecule has 1 heterocycles. The fraction of sp³-hybridized carbons (Fsp3) is 0.538. The Kier molecular flexibility index (Phi) is 5.24. The third kappa shape index (κ3) is 4.91. The van der Waals surface area contributed by atoms with E-state index in [1.54, 1.807) is 12.1 Å². The predicted octanol–water partition coefficient (Wildman–Crippen LogP) is 2.05. The first-order valence-corrected chi connectivity index (χ1v) is 8.97. The summed E-state index contributed by atoms with van der Waals surface area (Å²) in [6.45, 7) is 1.09. The van der Waals surface area contributed by atoms with Gasteiger partial charge in [-0.25, -0.2) is 17.9 Å². The molecule has 0 atom stereocenters. The van der Waals surface area contributed by atoms with Gasteiger partial charge >= 0.3 is 0 Å². The Balaban J connectivity index is 2.10. The highest BCUT2D eigenvalue weighted by Gasteiger charge is 2.37. The highest BCUT2D eigenvalue weighted by Crippen LogP contribution is 2.33. The van der Waals surface area contributed by atoms with Crippen LogP contribution in [-0.2, 0) is 14.8 Å². The average molecular weight is 382 g/mol. The van der Waals surface area contributed by atoms with Gasteiger partial charge in [0.1, 0.15) is 11.6 Å². The van der Waals surface area contributed by atoms with Crippen molar-refractivity contribution in [1.82, 2.24) is 0 Å². The van der Waals surface area contributed by atoms with Crippen LogP contribution in [0.3, 0.4) is 0 Å². The van der Waals surface area contributed by atoms with E-state index in [-0.39, 0.29) is 12.4 Å². The van der Waals surface area contributed by atoms with Crippen LogP contribution in [0, 0.1) is 11.2 Å². The van der Waals surface area contributed by atoms with Crippen LogP contribution in [0.4, 0.5) is 4.39 Å². The number of sulfonamides is 1. The molecule has 0 spiro atoms. The number of rotatable bonds is 5. The Morgan fingerprint density at radius 1 is 1.38 bits per heavy atom. The van der Waals surface area contributed by atoms with Gasteiger partial charge in [-0.05, 0) is 40.9 Å². The van der Waals surface area contributed by atoms with Gasteiger partial charge in [0.05, 0.1) is 16.8 Å². The summed E-state index contributed by atoms with van der Waals surface area (Å²) in [4.78, 5) is 0. The van der Waals surface area contributed by atoms with E-state index in [0.717, 1.165) is 0 Å². The molecule has 0 aliphatic carbocycles. The average Bonchev–Trinajstić information content (AvgIpc) is 2.39. The van der Waals surface area contributed by atoms with Crippen molar-refractivity contribution >= 4 is 26.0 Å². The quantitative estimate of drug-likeness (QED) is 0.846. The second kappa shape index (κ2) is 6.60. The zero-order valence-corrected chi connectivity index (χ0v) is 13.8. The molecule has 8 heteroatoms. The fourth-order valence-corrected chi connectivity index (χ4v) is 3.84. The molecule has 5 nitrogen and oxygen atoms in total. The largest absolute Gasteiger partial charge is 0.493 e. The van der Waals surface area contributed by atoms with Gasteiger partial charge in [-0.1, -0.05) is 0 Å². The van der Waals surface area contributed by atoms with Crippen LogP contribution in [-0.4, -0.2) is 34.0 Å². The zero-order valence-electron chi connectivity index (χ0n) is 11.3. The van der Waals surface area contributed by atoms with E-state index >= 15 is 0 Å². The number of benzene rings is 1. The molecule has 2 rings (SSSR count). The van der Waals surface area contributed by atoms with Crippen LogP contribution >= 0.6 is 15.9 Å². The van der Waals surface area contributed by atoms with Crippen LogP contribution in [0.15, 0.2) is 22.7 Å². The van der Waals surface area contributed by atoms with Crippen molar-refractivity contribution in [1.29, 1.82) is 0 Å². The van der Waals surface area contributed by atoms with Crippen molar-refractivity contribution in [2.45, 2.75) is 12.8 Å². The van der Waals surface area contributed by atoms with Crippen molar-refractivity contribution in [3.05, 3.63) is 28.5 Å². The topological polar surface area (TPSA) is 78.6 Å². The van der Waals surface area contributed by atoms with E-state index in [1.165, 1.54) is 6.07 Å². The first kappa shape index (κ1) is 16.7. The molecule has 1 aromatic rings. The van der Waals surface area contributed by atoms with Crippen LogP contribution in [0.5, 0.6) is 5.75 Å². The number of primary sulfonamides is 1. The van der Waals surface area contributed by atoms with Gasteiger partial charge in [0.25, 0.3) is 0 Å². The predicted molar refractivity (Wildman–Crippen MR) is 80.1 cm³/mol. The Morgan fingerprint density at radius 3 is 2.62 bits per heavy atom. The van der Waals surface area contributed by atoms with Crippen molar-refractivity contribution < 1.29 is 22.3 Å². The van der Waals surface area contributed by atoms with Gasteiger partial charge in [0, 0.05) is 24.7 Å². The maximum absolute atomic E-state index is 13.4. The van der Waals surface area contributed by atoms with Gasteiger partial charge in [-0.2, -0.15) is 0 Å². The van der Waals surface area contributed by atoms with Crippen molar-refractivity contribution in [2.24, 2.45) is 10.6 Å². The van der Waals surface area contributed by atoms with Gasteiger partial charge in [-0.15, -0.1) is 0 Å². The maximum Gasteiger partial charge on any atom is 0.209 e. The lowest BCUT2D eigenvalue weighted by atomic mass is 9.83. The minimum atomic E-state index is -3.62. The summed E-state index contributed by atoms with van der Waals surface area (Å²) in [5, 5.41) is 5.17. The summed E-state index contributed by atoms with van der Waals surface area (Å²) in [7, 11) is -3.62. The first-order valence-electron chi connectivity index (χ1n) is 6.46. The van der Waals surface area contributed by atoms with E-state index < -0.39 is 21.3 Å². The van der Waals surface area contributed by atoms with E-state index in [2.05, 4.69) is 15.9 Å². The zero-order chi connectivity index (χ0) is 15.5. The molecule has 0 aromatic heterocycles. The van der Waals surface area contributed by atoms with Crippen LogP contribution in [0.2, 0.25) is 0 Å². The van der Waals surface area contributed by atoms with E-state index in [4.69, 9.17) is 14.6 Å². The molecule has 0 radical (unpaired) electrons. The smallest absolute Gasteiger partial charge is 0.209 e. The third-order valence-electron chi connectivity index (χ3n) is 3.50. The van der Waals surface area contributed by atoms with Gasteiger partial charge < -0.3 is 9.47 Å². The second-order valence-electron chi connectivity index (χ2n) is 5.28. The number of ether oxygens (including phenoxy) is 2. The molecule has 0 unspecified atom stereocenters. The summed E-state index contributed by atoms with van der Waals surface area (Å²) in [5.41, 5.74) is -0.588. The maximum atomic E-state index is 13.4. The standard InChI is InChI=1S/C13H17BrFNO4S/c14-11-2-1-10(7-12(11)15)20-8-13(9-21(16,17)18)3-5-19-6-4-13/h1-2,7H,3-6,8-9H2,(H2,16,17,18). The Hall–Kier alpha value is -0.700.